The van der Waals surface area contributed by atoms with Gasteiger partial charge in [0.1, 0.15) is 12.3 Å². The predicted molar refractivity (Wildman–Crippen MR) is 107 cm³/mol. The maximum Gasteiger partial charge on any atom is 0.158 e. The monoisotopic (exact) mass is 361 g/mol. The molecule has 0 aliphatic heterocycles. The number of H-pyrrole nitrogens is 1. The second-order valence-corrected chi connectivity index (χ2v) is 6.95. The van der Waals surface area contributed by atoms with Gasteiger partial charge >= 0.3 is 0 Å². The van der Waals surface area contributed by atoms with Crippen LogP contribution in [-0.4, -0.2) is 16.6 Å². The van der Waals surface area contributed by atoms with Crippen LogP contribution in [0, 0.1) is 0 Å². The largest absolute Gasteiger partial charge is 0.455 e. The van der Waals surface area contributed by atoms with E-state index in [1.54, 1.807) is 6.92 Å². The molecule has 2 heterocycles. The molecule has 27 heavy (non-hydrogen) atoms. The summed E-state index contributed by atoms with van der Waals surface area (Å²) in [7, 11) is 0. The van der Waals surface area contributed by atoms with Gasteiger partial charge in [-0.2, -0.15) is 0 Å². The third-order valence-corrected chi connectivity index (χ3v) is 4.98. The first kappa shape index (κ1) is 17.6. The number of nitrogens with two attached hydrogens (primary N) is 1. The fourth-order valence-electron chi connectivity index (χ4n) is 3.41. The van der Waals surface area contributed by atoms with Crippen molar-refractivity contribution in [3.63, 3.8) is 0 Å². The number of aliphatic hydroxyl groups is 1. The molecule has 0 bridgehead atoms. The number of quaternary nitrogens is 1. The Bertz CT molecular complexity index is 1010. The van der Waals surface area contributed by atoms with Gasteiger partial charge in [0, 0.05) is 29.1 Å². The van der Waals surface area contributed by atoms with Gasteiger partial charge in [0.2, 0.25) is 0 Å². The molecule has 138 valence electrons. The molecule has 0 saturated carbocycles. The molecule has 2 aromatic carbocycles. The lowest BCUT2D eigenvalue weighted by atomic mass is 10.1. The van der Waals surface area contributed by atoms with Gasteiger partial charge in [0.25, 0.3) is 0 Å². The Kier molecular flexibility index (Phi) is 5.10. The van der Waals surface area contributed by atoms with Gasteiger partial charge in [0.15, 0.2) is 5.76 Å². The normalized spacial score (nSPS) is 12.5. The van der Waals surface area contributed by atoms with Gasteiger partial charge in [-0.1, -0.05) is 42.5 Å². The summed E-state index contributed by atoms with van der Waals surface area (Å²) in [5.74, 6) is 1.84. The van der Waals surface area contributed by atoms with Crippen molar-refractivity contribution in [1.29, 1.82) is 0 Å². The standard InChI is InChI=1S/C23H24N2O2/c1-16(26)17-6-8-18(9-7-17)23-11-10-20(27-23)15-24-13-12-19-14-25-22-5-3-2-4-21(19)22/h2-11,14,16,24-26H,12-13,15H2,1H3/p+1/t16-/m1/s1. The summed E-state index contributed by atoms with van der Waals surface area (Å²) < 4.78 is 5.98. The van der Waals surface area contributed by atoms with Crippen LogP contribution >= 0.6 is 0 Å². The van der Waals surface area contributed by atoms with E-state index in [2.05, 4.69) is 40.8 Å². The number of rotatable bonds is 7. The number of fused-ring (bicyclic) bond motifs is 1. The maximum atomic E-state index is 9.61. The molecular formula is C23H25N2O2+. The quantitative estimate of drug-likeness (QED) is 0.439. The van der Waals surface area contributed by atoms with Crippen molar-refractivity contribution < 1.29 is 14.8 Å². The number of nitrogens with one attached hydrogen (secondary N) is 1. The summed E-state index contributed by atoms with van der Waals surface area (Å²) in [5.41, 5.74) is 4.51. The summed E-state index contributed by atoms with van der Waals surface area (Å²) in [6, 6.07) is 20.3. The van der Waals surface area contributed by atoms with Crippen LogP contribution in [0.15, 0.2) is 71.3 Å². The summed E-state index contributed by atoms with van der Waals surface area (Å²) in [4.78, 5) is 3.33. The van der Waals surface area contributed by atoms with Gasteiger partial charge in [-0.05, 0) is 36.2 Å². The van der Waals surface area contributed by atoms with Crippen molar-refractivity contribution in [2.45, 2.75) is 26.0 Å². The molecule has 1 atom stereocenters. The SMILES string of the molecule is C[C@@H](O)c1ccc(-c2ccc(C[NH2+]CCc3c[nH]c4ccccc34)o2)cc1. The minimum Gasteiger partial charge on any atom is -0.455 e. The molecule has 4 nitrogen and oxygen atoms in total. The number of aliphatic hydroxyl groups excluding tert-OH is 1. The lowest BCUT2D eigenvalue weighted by Gasteiger charge is -2.04. The highest BCUT2D eigenvalue weighted by molar-refractivity contribution is 5.83. The lowest BCUT2D eigenvalue weighted by molar-refractivity contribution is -0.671. The number of furan rings is 1. The first-order chi connectivity index (χ1) is 13.2. The average Bonchev–Trinajstić information content (AvgIpc) is 3.33. The highest BCUT2D eigenvalue weighted by Crippen LogP contribution is 2.24. The summed E-state index contributed by atoms with van der Waals surface area (Å²) in [6.45, 7) is 3.61. The number of aromatic amines is 1. The molecule has 0 radical (unpaired) electrons. The predicted octanol–water partition coefficient (Wildman–Crippen LogP) is 3.79. The van der Waals surface area contributed by atoms with Crippen molar-refractivity contribution >= 4 is 10.9 Å². The highest BCUT2D eigenvalue weighted by atomic mass is 16.3. The third-order valence-electron chi connectivity index (χ3n) is 4.98. The molecule has 0 spiro atoms. The first-order valence-electron chi connectivity index (χ1n) is 9.44. The minimum atomic E-state index is -0.446. The Balaban J connectivity index is 1.32. The zero-order chi connectivity index (χ0) is 18.6. The van der Waals surface area contributed by atoms with Gasteiger partial charge in [-0.15, -0.1) is 0 Å². The van der Waals surface area contributed by atoms with Crippen LogP contribution in [0.25, 0.3) is 22.2 Å². The van der Waals surface area contributed by atoms with Gasteiger partial charge in [-0.3, -0.25) is 0 Å². The van der Waals surface area contributed by atoms with E-state index in [9.17, 15) is 5.11 Å². The Morgan fingerprint density at radius 1 is 1.04 bits per heavy atom. The van der Waals surface area contributed by atoms with E-state index in [1.165, 1.54) is 16.5 Å². The van der Waals surface area contributed by atoms with Crippen LogP contribution in [-0.2, 0) is 13.0 Å². The van der Waals surface area contributed by atoms with Crippen LogP contribution in [0.5, 0.6) is 0 Å². The molecule has 0 saturated heterocycles. The summed E-state index contributed by atoms with van der Waals surface area (Å²) >= 11 is 0. The minimum absolute atomic E-state index is 0.446. The average molecular weight is 361 g/mol. The first-order valence-corrected chi connectivity index (χ1v) is 9.44. The number of hydrogen-bond donors (Lipinski definition) is 3. The van der Waals surface area contributed by atoms with Crippen molar-refractivity contribution in [2.75, 3.05) is 6.54 Å². The summed E-state index contributed by atoms with van der Waals surface area (Å²) in [6.07, 6.45) is 2.69. The Labute approximate surface area is 158 Å². The number of benzene rings is 2. The van der Waals surface area contributed by atoms with Gasteiger partial charge in [-0.25, -0.2) is 0 Å². The fraction of sp³-hybridized carbons (Fsp3) is 0.217. The highest BCUT2D eigenvalue weighted by Gasteiger charge is 2.08. The van der Waals surface area contributed by atoms with E-state index in [4.69, 9.17) is 4.42 Å². The van der Waals surface area contributed by atoms with E-state index < -0.39 is 6.10 Å². The summed E-state index contributed by atoms with van der Waals surface area (Å²) in [5, 5.41) is 13.2. The number of hydrogen-bond acceptors (Lipinski definition) is 2. The van der Waals surface area contributed by atoms with Crippen LogP contribution in [0.4, 0.5) is 0 Å². The van der Waals surface area contributed by atoms with E-state index in [0.29, 0.717) is 0 Å². The van der Waals surface area contributed by atoms with Crippen LogP contribution < -0.4 is 5.32 Å². The van der Waals surface area contributed by atoms with Crippen LogP contribution in [0.2, 0.25) is 0 Å². The van der Waals surface area contributed by atoms with E-state index in [0.717, 1.165) is 42.2 Å². The molecule has 0 amide bonds. The van der Waals surface area contributed by atoms with Crippen molar-refractivity contribution in [1.82, 2.24) is 4.98 Å². The van der Waals surface area contributed by atoms with Gasteiger partial charge in [0.05, 0.1) is 12.6 Å². The molecule has 4 heteroatoms. The molecule has 4 aromatic rings. The van der Waals surface area contributed by atoms with E-state index in [-0.39, 0.29) is 0 Å². The Morgan fingerprint density at radius 3 is 2.67 bits per heavy atom. The smallest absolute Gasteiger partial charge is 0.158 e. The van der Waals surface area contributed by atoms with E-state index in [1.807, 2.05) is 36.4 Å². The van der Waals surface area contributed by atoms with E-state index >= 15 is 0 Å². The number of aromatic nitrogens is 1. The molecule has 4 N–H and O–H groups in total. The van der Waals surface area contributed by atoms with Crippen molar-refractivity contribution in [3.05, 3.63) is 83.7 Å². The second kappa shape index (κ2) is 7.82. The zero-order valence-corrected chi connectivity index (χ0v) is 15.5. The molecule has 0 aliphatic carbocycles. The Hall–Kier alpha value is -2.82. The molecule has 2 aromatic heterocycles. The topological polar surface area (TPSA) is 65.8 Å². The molecule has 4 rings (SSSR count). The zero-order valence-electron chi connectivity index (χ0n) is 15.5. The third kappa shape index (κ3) is 3.97. The lowest BCUT2D eigenvalue weighted by Crippen LogP contribution is -2.83. The Morgan fingerprint density at radius 2 is 1.85 bits per heavy atom. The molecular weight excluding hydrogens is 336 g/mol. The molecule has 0 aliphatic rings. The number of para-hydroxylation sites is 1. The maximum absolute atomic E-state index is 9.61. The van der Waals surface area contributed by atoms with Crippen molar-refractivity contribution in [3.8, 4) is 11.3 Å². The fourth-order valence-corrected chi connectivity index (χ4v) is 3.41. The molecule has 0 fully saturated rings. The second-order valence-electron chi connectivity index (χ2n) is 6.95. The van der Waals surface area contributed by atoms with Crippen LogP contribution in [0.1, 0.15) is 29.9 Å². The molecule has 0 unspecified atom stereocenters. The van der Waals surface area contributed by atoms with Crippen molar-refractivity contribution in [2.24, 2.45) is 0 Å². The van der Waals surface area contributed by atoms with Crippen LogP contribution in [0.3, 0.4) is 0 Å². The van der Waals surface area contributed by atoms with Gasteiger partial charge < -0.3 is 19.8 Å².